The molecule has 1 aliphatic rings. The van der Waals surface area contributed by atoms with Crippen LogP contribution in [0.4, 0.5) is 19.0 Å². The van der Waals surface area contributed by atoms with Gasteiger partial charge in [-0.05, 0) is 28.1 Å². The Morgan fingerprint density at radius 3 is 2.50 bits per heavy atom. The standard InChI is InChI=1S/C13H15BrF3N3O2/c14-10-1-2-11(18-7-10)19-3-5-20(6-4-19)12(21)8-22-9-13(15,16)17/h1-2,7H,3-6,8-9H2. The zero-order valence-electron chi connectivity index (χ0n) is 11.6. The number of aromatic nitrogens is 1. The highest BCUT2D eigenvalue weighted by Gasteiger charge is 2.29. The van der Waals surface area contributed by atoms with Gasteiger partial charge >= 0.3 is 6.18 Å². The number of carbonyl (C=O) groups excluding carboxylic acids is 1. The quantitative estimate of drug-likeness (QED) is 0.800. The van der Waals surface area contributed by atoms with E-state index in [4.69, 9.17) is 0 Å². The lowest BCUT2D eigenvalue weighted by molar-refractivity contribution is -0.177. The zero-order chi connectivity index (χ0) is 16.2. The largest absolute Gasteiger partial charge is 0.411 e. The van der Waals surface area contributed by atoms with Gasteiger partial charge in [-0.15, -0.1) is 0 Å². The molecule has 0 saturated carbocycles. The van der Waals surface area contributed by atoms with Crippen molar-refractivity contribution in [3.8, 4) is 0 Å². The van der Waals surface area contributed by atoms with Gasteiger partial charge in [-0.3, -0.25) is 4.79 Å². The number of halogens is 4. The summed E-state index contributed by atoms with van der Waals surface area (Å²) in [6.07, 6.45) is -2.72. The van der Waals surface area contributed by atoms with E-state index in [2.05, 4.69) is 25.7 Å². The molecule has 0 aliphatic carbocycles. The average Bonchev–Trinajstić information content (AvgIpc) is 2.47. The number of ether oxygens (including phenoxy) is 1. The number of hydrogen-bond acceptors (Lipinski definition) is 4. The van der Waals surface area contributed by atoms with Gasteiger partial charge in [0.25, 0.3) is 0 Å². The summed E-state index contributed by atoms with van der Waals surface area (Å²) >= 11 is 3.31. The smallest absolute Gasteiger partial charge is 0.362 e. The predicted molar refractivity (Wildman–Crippen MR) is 77.6 cm³/mol. The fraction of sp³-hybridized carbons (Fsp3) is 0.538. The number of amides is 1. The Kier molecular flexibility index (Phi) is 5.63. The topological polar surface area (TPSA) is 45.7 Å². The molecule has 0 radical (unpaired) electrons. The minimum Gasteiger partial charge on any atom is -0.362 e. The molecule has 2 rings (SSSR count). The number of rotatable bonds is 4. The third kappa shape index (κ3) is 5.13. The number of carbonyl (C=O) groups is 1. The summed E-state index contributed by atoms with van der Waals surface area (Å²) in [6.45, 7) is 0.0920. The van der Waals surface area contributed by atoms with Gasteiger partial charge in [-0.1, -0.05) is 0 Å². The molecule has 0 unspecified atom stereocenters. The molecule has 1 aromatic rings. The normalized spacial score (nSPS) is 16.0. The van der Waals surface area contributed by atoms with Crippen LogP contribution in [0.15, 0.2) is 22.8 Å². The Hall–Kier alpha value is -1.35. The molecule has 5 nitrogen and oxygen atoms in total. The van der Waals surface area contributed by atoms with Gasteiger partial charge in [0, 0.05) is 36.8 Å². The Morgan fingerprint density at radius 1 is 1.27 bits per heavy atom. The van der Waals surface area contributed by atoms with Gasteiger partial charge in [0.1, 0.15) is 19.0 Å². The van der Waals surface area contributed by atoms with Crippen LogP contribution in [0.5, 0.6) is 0 Å². The van der Waals surface area contributed by atoms with Crippen LogP contribution >= 0.6 is 15.9 Å². The summed E-state index contributed by atoms with van der Waals surface area (Å²) < 4.78 is 41.1. The first kappa shape index (κ1) is 17.0. The van der Waals surface area contributed by atoms with Gasteiger partial charge < -0.3 is 14.5 Å². The van der Waals surface area contributed by atoms with E-state index in [1.165, 1.54) is 4.90 Å². The molecule has 1 aromatic heterocycles. The van der Waals surface area contributed by atoms with Crippen LogP contribution in [0.25, 0.3) is 0 Å². The van der Waals surface area contributed by atoms with Gasteiger partial charge in [0.2, 0.25) is 5.91 Å². The zero-order valence-corrected chi connectivity index (χ0v) is 13.2. The summed E-state index contributed by atoms with van der Waals surface area (Å²) in [5.41, 5.74) is 0. The van der Waals surface area contributed by atoms with Gasteiger partial charge in [0.15, 0.2) is 0 Å². The second kappa shape index (κ2) is 7.28. The lowest BCUT2D eigenvalue weighted by Crippen LogP contribution is -2.50. The van der Waals surface area contributed by atoms with Gasteiger partial charge in [-0.25, -0.2) is 4.98 Å². The van der Waals surface area contributed by atoms with E-state index in [0.29, 0.717) is 26.2 Å². The minimum atomic E-state index is -4.41. The van der Waals surface area contributed by atoms with E-state index in [1.807, 2.05) is 17.0 Å². The van der Waals surface area contributed by atoms with Crippen LogP contribution in [0.1, 0.15) is 0 Å². The SMILES string of the molecule is O=C(COCC(F)(F)F)N1CCN(c2ccc(Br)cn2)CC1. The van der Waals surface area contributed by atoms with Gasteiger partial charge in [-0.2, -0.15) is 13.2 Å². The van der Waals surface area contributed by atoms with Crippen molar-refractivity contribution in [2.45, 2.75) is 6.18 Å². The molecule has 1 aliphatic heterocycles. The highest BCUT2D eigenvalue weighted by atomic mass is 79.9. The highest BCUT2D eigenvalue weighted by molar-refractivity contribution is 9.10. The second-order valence-electron chi connectivity index (χ2n) is 4.81. The molecule has 0 N–H and O–H groups in total. The molecule has 1 amide bonds. The Morgan fingerprint density at radius 2 is 1.95 bits per heavy atom. The van der Waals surface area contributed by atoms with Crippen molar-refractivity contribution in [1.82, 2.24) is 9.88 Å². The van der Waals surface area contributed by atoms with Crippen LogP contribution in [0.3, 0.4) is 0 Å². The second-order valence-corrected chi connectivity index (χ2v) is 5.73. The Balaban J connectivity index is 1.77. The summed E-state index contributed by atoms with van der Waals surface area (Å²) in [7, 11) is 0. The predicted octanol–water partition coefficient (Wildman–Crippen LogP) is 2.07. The molecule has 22 heavy (non-hydrogen) atoms. The van der Waals surface area contributed by atoms with Crippen molar-refractivity contribution in [3.05, 3.63) is 22.8 Å². The third-order valence-electron chi connectivity index (χ3n) is 3.16. The van der Waals surface area contributed by atoms with E-state index in [-0.39, 0.29) is 0 Å². The Labute approximate surface area is 134 Å². The summed E-state index contributed by atoms with van der Waals surface area (Å²) in [5, 5.41) is 0. The molecule has 9 heteroatoms. The number of alkyl halides is 3. The molecule has 1 saturated heterocycles. The average molecular weight is 382 g/mol. The number of nitrogens with zero attached hydrogens (tertiary/aromatic N) is 3. The van der Waals surface area contributed by atoms with Crippen molar-refractivity contribution in [1.29, 1.82) is 0 Å². The Bertz CT molecular complexity index is 502. The molecule has 0 spiro atoms. The first-order chi connectivity index (χ1) is 10.3. The van der Waals surface area contributed by atoms with Gasteiger partial charge in [0.05, 0.1) is 0 Å². The van der Waals surface area contributed by atoms with Crippen LogP contribution in [-0.4, -0.2) is 61.4 Å². The number of pyridine rings is 1. The van der Waals surface area contributed by atoms with Crippen molar-refractivity contribution in [2.24, 2.45) is 0 Å². The number of hydrogen-bond donors (Lipinski definition) is 0. The molecule has 0 aromatic carbocycles. The van der Waals surface area contributed by atoms with Crippen molar-refractivity contribution < 1.29 is 22.7 Å². The monoisotopic (exact) mass is 381 g/mol. The van der Waals surface area contributed by atoms with E-state index in [0.717, 1.165) is 10.3 Å². The number of piperazine rings is 1. The minimum absolute atomic E-state index is 0.423. The molecule has 0 atom stereocenters. The van der Waals surface area contributed by atoms with Crippen LogP contribution in [0, 0.1) is 0 Å². The van der Waals surface area contributed by atoms with E-state index < -0.39 is 25.3 Å². The van der Waals surface area contributed by atoms with Crippen molar-refractivity contribution >= 4 is 27.7 Å². The lowest BCUT2D eigenvalue weighted by atomic mass is 10.3. The van der Waals surface area contributed by atoms with Crippen molar-refractivity contribution in [3.63, 3.8) is 0 Å². The first-order valence-corrected chi connectivity index (χ1v) is 7.43. The number of anilines is 1. The molecule has 122 valence electrons. The van der Waals surface area contributed by atoms with Crippen LogP contribution in [-0.2, 0) is 9.53 Å². The fourth-order valence-corrected chi connectivity index (χ4v) is 2.32. The maximum absolute atomic E-state index is 11.9. The lowest BCUT2D eigenvalue weighted by Gasteiger charge is -2.35. The van der Waals surface area contributed by atoms with E-state index in [9.17, 15) is 18.0 Å². The third-order valence-corrected chi connectivity index (χ3v) is 3.63. The van der Waals surface area contributed by atoms with Crippen molar-refractivity contribution in [2.75, 3.05) is 44.3 Å². The fourth-order valence-electron chi connectivity index (χ4n) is 2.09. The maximum Gasteiger partial charge on any atom is 0.411 e. The molecule has 1 fully saturated rings. The van der Waals surface area contributed by atoms with E-state index in [1.54, 1.807) is 6.20 Å². The molecule has 0 bridgehead atoms. The molecular formula is C13H15BrF3N3O2. The summed E-state index contributed by atoms with van der Waals surface area (Å²) in [4.78, 5) is 19.6. The maximum atomic E-state index is 11.9. The first-order valence-electron chi connectivity index (χ1n) is 6.64. The molecule has 2 heterocycles. The van der Waals surface area contributed by atoms with Crippen LogP contribution < -0.4 is 4.90 Å². The van der Waals surface area contributed by atoms with E-state index >= 15 is 0 Å². The van der Waals surface area contributed by atoms with Crippen LogP contribution in [0.2, 0.25) is 0 Å². The molecular weight excluding hydrogens is 367 g/mol. The summed E-state index contributed by atoms with van der Waals surface area (Å²) in [6, 6.07) is 3.75. The highest BCUT2D eigenvalue weighted by Crippen LogP contribution is 2.17. The summed E-state index contributed by atoms with van der Waals surface area (Å²) in [5.74, 6) is 0.385.